The first-order valence-electron chi connectivity index (χ1n) is 7.53. The molecule has 0 bridgehead atoms. The largest absolute Gasteiger partial charge is 0.341 e. The lowest BCUT2D eigenvalue weighted by Gasteiger charge is -2.21. The van der Waals surface area contributed by atoms with Crippen molar-refractivity contribution in [3.8, 4) is 9.88 Å². The van der Waals surface area contributed by atoms with Crippen LogP contribution >= 0.6 is 46.7 Å². The highest BCUT2D eigenvalue weighted by Gasteiger charge is 2.21. The number of thiophene rings is 1. The van der Waals surface area contributed by atoms with E-state index in [1.807, 2.05) is 26.1 Å². The van der Waals surface area contributed by atoms with Crippen molar-refractivity contribution in [3.05, 3.63) is 27.0 Å². The molecule has 0 saturated carbocycles. The average molecular weight is 408 g/mol. The molecular formula is C16H23Cl2N3OS2. The summed E-state index contributed by atoms with van der Waals surface area (Å²) in [5.41, 5.74) is 6.82. The third kappa shape index (κ3) is 5.17. The van der Waals surface area contributed by atoms with Crippen LogP contribution in [0.1, 0.15) is 35.6 Å². The van der Waals surface area contributed by atoms with Gasteiger partial charge in [-0.2, -0.15) is 0 Å². The zero-order valence-corrected chi connectivity index (χ0v) is 17.4. The summed E-state index contributed by atoms with van der Waals surface area (Å²) in [5, 5.41) is 0.843. The van der Waals surface area contributed by atoms with Crippen molar-refractivity contribution in [1.29, 1.82) is 0 Å². The number of thiazole rings is 1. The van der Waals surface area contributed by atoms with Gasteiger partial charge in [-0.1, -0.05) is 25.4 Å². The van der Waals surface area contributed by atoms with Crippen LogP contribution in [0.15, 0.2) is 12.1 Å². The summed E-state index contributed by atoms with van der Waals surface area (Å²) in [6, 6.07) is 3.89. The number of hydrogen-bond donors (Lipinski definition) is 1. The van der Waals surface area contributed by atoms with Gasteiger partial charge in [-0.3, -0.25) is 4.79 Å². The lowest BCUT2D eigenvalue weighted by molar-refractivity contribution is 0.0793. The number of carbonyl (C=O) groups excluding carboxylic acids is 1. The summed E-state index contributed by atoms with van der Waals surface area (Å²) in [6.07, 6.45) is 0.797. The molecule has 1 atom stereocenters. The van der Waals surface area contributed by atoms with Gasteiger partial charge >= 0.3 is 0 Å². The SMILES string of the molecule is Cc1nc(-c2ccc(Cl)s2)sc1C(=O)N(C)CCC(N)C(C)C.Cl. The van der Waals surface area contributed by atoms with Crippen molar-refractivity contribution >= 4 is 52.6 Å². The van der Waals surface area contributed by atoms with Gasteiger partial charge < -0.3 is 10.6 Å². The Balaban J connectivity index is 0.00000288. The van der Waals surface area contributed by atoms with Crippen LogP contribution in [0.2, 0.25) is 4.34 Å². The first-order chi connectivity index (χ1) is 10.8. The Labute approximate surface area is 162 Å². The molecule has 2 aromatic heterocycles. The first kappa shape index (κ1) is 21.4. The predicted molar refractivity (Wildman–Crippen MR) is 107 cm³/mol. The zero-order valence-electron chi connectivity index (χ0n) is 14.2. The number of aryl methyl sites for hydroxylation is 1. The van der Waals surface area contributed by atoms with Gasteiger partial charge in [0.05, 0.1) is 14.9 Å². The van der Waals surface area contributed by atoms with Gasteiger partial charge in [-0.05, 0) is 31.4 Å². The second kappa shape index (κ2) is 9.15. The van der Waals surface area contributed by atoms with Crippen LogP contribution in [0.3, 0.4) is 0 Å². The van der Waals surface area contributed by atoms with Gasteiger partial charge in [0.2, 0.25) is 0 Å². The number of hydrogen-bond acceptors (Lipinski definition) is 5. The third-order valence-corrected chi connectivity index (χ3v) is 6.32. The van der Waals surface area contributed by atoms with Crippen LogP contribution in [-0.2, 0) is 0 Å². The fraction of sp³-hybridized carbons (Fsp3) is 0.500. The van der Waals surface area contributed by atoms with Gasteiger partial charge in [0.1, 0.15) is 9.88 Å². The predicted octanol–water partition coefficient (Wildman–Crippen LogP) is 4.70. The van der Waals surface area contributed by atoms with Crippen molar-refractivity contribution in [3.63, 3.8) is 0 Å². The van der Waals surface area contributed by atoms with Crippen molar-refractivity contribution < 1.29 is 4.79 Å². The van der Waals surface area contributed by atoms with Crippen LogP contribution in [0.25, 0.3) is 9.88 Å². The smallest absolute Gasteiger partial charge is 0.265 e. The summed E-state index contributed by atoms with van der Waals surface area (Å²) >= 11 is 8.87. The van der Waals surface area contributed by atoms with E-state index in [1.54, 1.807) is 4.90 Å². The van der Waals surface area contributed by atoms with Gasteiger partial charge in [0, 0.05) is 19.6 Å². The highest BCUT2D eigenvalue weighted by atomic mass is 35.5. The molecule has 1 unspecified atom stereocenters. The molecule has 24 heavy (non-hydrogen) atoms. The molecule has 2 N–H and O–H groups in total. The Morgan fingerprint density at radius 2 is 2.04 bits per heavy atom. The van der Waals surface area contributed by atoms with Crippen molar-refractivity contribution in [2.45, 2.75) is 33.2 Å². The minimum absolute atomic E-state index is 0. The molecular weight excluding hydrogens is 385 g/mol. The molecule has 0 aliphatic heterocycles. The highest BCUT2D eigenvalue weighted by molar-refractivity contribution is 7.24. The summed E-state index contributed by atoms with van der Waals surface area (Å²) in [7, 11) is 1.82. The van der Waals surface area contributed by atoms with Crippen molar-refractivity contribution in [1.82, 2.24) is 9.88 Å². The number of aromatic nitrogens is 1. The molecule has 0 aromatic carbocycles. The van der Waals surface area contributed by atoms with E-state index in [-0.39, 0.29) is 24.4 Å². The quantitative estimate of drug-likeness (QED) is 0.754. The van der Waals surface area contributed by atoms with Crippen molar-refractivity contribution in [2.24, 2.45) is 11.7 Å². The van der Waals surface area contributed by atoms with Crippen LogP contribution in [0.5, 0.6) is 0 Å². The zero-order chi connectivity index (χ0) is 17.1. The Bertz CT molecular complexity index is 685. The minimum Gasteiger partial charge on any atom is -0.341 e. The standard InChI is InChI=1S/C16H22ClN3OS2.ClH/c1-9(2)11(18)7-8-20(4)16(21)14-10(3)19-15(23-14)12-5-6-13(17)22-12;/h5-6,9,11H,7-8,18H2,1-4H3;1H. The van der Waals surface area contributed by atoms with Crippen LogP contribution in [0.4, 0.5) is 0 Å². The number of rotatable bonds is 6. The summed E-state index contributed by atoms with van der Waals surface area (Å²) < 4.78 is 0.723. The van der Waals surface area contributed by atoms with Crippen LogP contribution in [0, 0.1) is 12.8 Å². The topological polar surface area (TPSA) is 59.2 Å². The van der Waals surface area contributed by atoms with Gasteiger partial charge in [-0.25, -0.2) is 4.98 Å². The molecule has 0 fully saturated rings. The minimum atomic E-state index is 0. The monoisotopic (exact) mass is 407 g/mol. The molecule has 8 heteroatoms. The molecule has 0 spiro atoms. The second-order valence-corrected chi connectivity index (χ2v) is 8.67. The summed E-state index contributed by atoms with van der Waals surface area (Å²) in [4.78, 5) is 20.6. The number of nitrogens with zero attached hydrogens (tertiary/aromatic N) is 2. The molecule has 0 saturated heterocycles. The van der Waals surface area contributed by atoms with E-state index >= 15 is 0 Å². The first-order valence-corrected chi connectivity index (χ1v) is 9.55. The molecule has 2 aromatic rings. The average Bonchev–Trinajstić information content (AvgIpc) is 3.09. The van der Waals surface area contributed by atoms with Crippen LogP contribution in [-0.4, -0.2) is 35.4 Å². The van der Waals surface area contributed by atoms with Crippen molar-refractivity contribution in [2.75, 3.05) is 13.6 Å². The van der Waals surface area contributed by atoms with E-state index < -0.39 is 0 Å². The van der Waals surface area contributed by atoms with E-state index in [1.165, 1.54) is 22.7 Å². The van der Waals surface area contributed by atoms with E-state index in [0.29, 0.717) is 17.3 Å². The van der Waals surface area contributed by atoms with Gasteiger partial charge in [0.15, 0.2) is 0 Å². The fourth-order valence-corrected chi connectivity index (χ4v) is 4.24. The lowest BCUT2D eigenvalue weighted by atomic mass is 10.0. The normalized spacial score (nSPS) is 12.1. The lowest BCUT2D eigenvalue weighted by Crippen LogP contribution is -2.34. The Hall–Kier alpha value is -0.660. The maximum absolute atomic E-state index is 12.6. The Kier molecular flexibility index (Phi) is 8.15. The summed E-state index contributed by atoms with van der Waals surface area (Å²) in [5.74, 6) is 0.420. The van der Waals surface area contributed by atoms with Gasteiger partial charge in [0.25, 0.3) is 5.91 Å². The molecule has 2 rings (SSSR count). The van der Waals surface area contributed by atoms with E-state index in [0.717, 1.165) is 26.3 Å². The molecule has 134 valence electrons. The number of carbonyl (C=O) groups is 1. The molecule has 0 aliphatic rings. The maximum atomic E-state index is 12.6. The Morgan fingerprint density at radius 1 is 1.38 bits per heavy atom. The fourth-order valence-electron chi connectivity index (χ4n) is 2.08. The molecule has 1 amide bonds. The highest BCUT2D eigenvalue weighted by Crippen LogP contribution is 2.35. The van der Waals surface area contributed by atoms with Crippen LogP contribution < -0.4 is 5.73 Å². The third-order valence-electron chi connectivity index (χ3n) is 3.78. The van der Waals surface area contributed by atoms with Gasteiger partial charge in [-0.15, -0.1) is 35.1 Å². The van der Waals surface area contributed by atoms with E-state index in [4.69, 9.17) is 17.3 Å². The molecule has 4 nitrogen and oxygen atoms in total. The van der Waals surface area contributed by atoms with E-state index in [2.05, 4.69) is 18.8 Å². The maximum Gasteiger partial charge on any atom is 0.265 e. The van der Waals surface area contributed by atoms with E-state index in [9.17, 15) is 4.79 Å². The molecule has 0 radical (unpaired) electrons. The molecule has 0 aliphatic carbocycles. The number of nitrogens with two attached hydrogens (primary N) is 1. The summed E-state index contributed by atoms with van der Waals surface area (Å²) in [6.45, 7) is 6.71. The number of halogens is 2. The molecule has 2 heterocycles. The number of amides is 1. The Morgan fingerprint density at radius 3 is 2.58 bits per heavy atom. The second-order valence-electron chi connectivity index (χ2n) is 5.96.